The Kier molecular flexibility index (Phi) is 3.74. The van der Waals surface area contributed by atoms with E-state index in [4.69, 9.17) is 9.26 Å². The molecule has 0 bridgehead atoms. The first-order valence-electron chi connectivity index (χ1n) is 7.71. The molecular weight excluding hydrogens is 318 g/mol. The van der Waals surface area contributed by atoms with Gasteiger partial charge in [0.25, 0.3) is 5.89 Å². The Balaban J connectivity index is 1.63. The van der Waals surface area contributed by atoms with Crippen LogP contribution in [0.2, 0.25) is 0 Å². The first-order valence-corrected chi connectivity index (χ1v) is 7.71. The van der Waals surface area contributed by atoms with Gasteiger partial charge in [0.05, 0.1) is 19.0 Å². The fraction of sp³-hybridized carbons (Fsp3) is 0.111. The highest BCUT2D eigenvalue weighted by Crippen LogP contribution is 2.24. The molecule has 7 nitrogen and oxygen atoms in total. The predicted molar refractivity (Wildman–Crippen MR) is 91.4 cm³/mol. The number of benzene rings is 2. The van der Waals surface area contributed by atoms with Crippen LogP contribution in [0.5, 0.6) is 5.75 Å². The smallest absolute Gasteiger partial charge is 0.258 e. The normalized spacial score (nSPS) is 10.8. The number of rotatable bonds is 4. The van der Waals surface area contributed by atoms with Crippen molar-refractivity contribution in [2.75, 3.05) is 7.11 Å². The van der Waals surface area contributed by atoms with E-state index in [0.29, 0.717) is 17.4 Å². The Bertz CT molecular complexity index is 1000. The van der Waals surface area contributed by atoms with E-state index in [9.17, 15) is 0 Å². The third kappa shape index (κ3) is 2.99. The summed E-state index contributed by atoms with van der Waals surface area (Å²) >= 11 is 0. The molecular formula is C18H15N5O2. The van der Waals surface area contributed by atoms with Crippen LogP contribution in [0.3, 0.4) is 0 Å². The fourth-order valence-corrected chi connectivity index (χ4v) is 2.39. The Morgan fingerprint density at radius 3 is 2.72 bits per heavy atom. The van der Waals surface area contributed by atoms with Gasteiger partial charge < -0.3 is 9.26 Å². The van der Waals surface area contributed by atoms with Crippen molar-refractivity contribution in [2.24, 2.45) is 0 Å². The van der Waals surface area contributed by atoms with Crippen LogP contribution in [0.1, 0.15) is 5.56 Å². The zero-order valence-electron chi connectivity index (χ0n) is 13.7. The maximum absolute atomic E-state index is 5.34. The van der Waals surface area contributed by atoms with Gasteiger partial charge in [-0.2, -0.15) is 4.98 Å². The molecule has 0 amide bonds. The summed E-state index contributed by atoms with van der Waals surface area (Å²) < 4.78 is 12.2. The first-order chi connectivity index (χ1) is 12.2. The molecule has 0 fully saturated rings. The molecule has 0 N–H and O–H groups in total. The van der Waals surface area contributed by atoms with Gasteiger partial charge in [0, 0.05) is 5.56 Å². The lowest BCUT2D eigenvalue weighted by molar-refractivity contribution is 0.413. The van der Waals surface area contributed by atoms with E-state index >= 15 is 0 Å². The third-order valence-corrected chi connectivity index (χ3v) is 3.76. The van der Waals surface area contributed by atoms with Crippen molar-refractivity contribution >= 4 is 0 Å². The Morgan fingerprint density at radius 2 is 1.92 bits per heavy atom. The monoisotopic (exact) mass is 333 g/mol. The van der Waals surface area contributed by atoms with Crippen molar-refractivity contribution in [3.8, 4) is 34.4 Å². The molecule has 4 aromatic rings. The molecule has 0 aliphatic rings. The molecule has 0 unspecified atom stereocenters. The second-order valence-corrected chi connectivity index (χ2v) is 5.54. The first kappa shape index (κ1) is 15.1. The van der Waals surface area contributed by atoms with E-state index in [2.05, 4.69) is 20.5 Å². The summed E-state index contributed by atoms with van der Waals surface area (Å²) in [6.45, 7) is 2.04. The number of hydrogen-bond acceptors (Lipinski definition) is 6. The van der Waals surface area contributed by atoms with E-state index in [1.807, 2.05) is 55.5 Å². The van der Waals surface area contributed by atoms with Crippen LogP contribution in [0.25, 0.3) is 28.7 Å². The van der Waals surface area contributed by atoms with Crippen LogP contribution < -0.4 is 4.74 Å². The van der Waals surface area contributed by atoms with E-state index in [1.165, 1.54) is 5.56 Å². The average molecular weight is 333 g/mol. The van der Waals surface area contributed by atoms with Gasteiger partial charge in [0.1, 0.15) is 5.75 Å². The van der Waals surface area contributed by atoms with Crippen molar-refractivity contribution in [1.29, 1.82) is 0 Å². The summed E-state index contributed by atoms with van der Waals surface area (Å²) in [5, 5.41) is 12.3. The lowest BCUT2D eigenvalue weighted by atomic mass is 10.2. The molecule has 7 heteroatoms. The van der Waals surface area contributed by atoms with Crippen molar-refractivity contribution in [1.82, 2.24) is 25.1 Å². The zero-order valence-corrected chi connectivity index (χ0v) is 13.7. The van der Waals surface area contributed by atoms with Crippen LogP contribution in [0, 0.1) is 6.92 Å². The van der Waals surface area contributed by atoms with Crippen LogP contribution >= 0.6 is 0 Å². The summed E-state index contributed by atoms with van der Waals surface area (Å²) in [5.74, 6) is 1.51. The highest BCUT2D eigenvalue weighted by Gasteiger charge is 2.14. The zero-order chi connectivity index (χ0) is 17.2. The molecule has 4 rings (SSSR count). The Morgan fingerprint density at radius 1 is 1.08 bits per heavy atom. The van der Waals surface area contributed by atoms with E-state index < -0.39 is 0 Å². The fourth-order valence-electron chi connectivity index (χ4n) is 2.39. The second kappa shape index (κ2) is 6.20. The Hall–Kier alpha value is -3.48. The number of nitrogens with zero attached hydrogens (tertiary/aromatic N) is 5. The summed E-state index contributed by atoms with van der Waals surface area (Å²) in [7, 11) is 1.61. The highest BCUT2D eigenvalue weighted by atomic mass is 16.5. The van der Waals surface area contributed by atoms with Crippen LogP contribution in [0.4, 0.5) is 0 Å². The van der Waals surface area contributed by atoms with Crippen LogP contribution in [0.15, 0.2) is 59.3 Å². The van der Waals surface area contributed by atoms with Crippen molar-refractivity contribution < 1.29 is 9.26 Å². The minimum atomic E-state index is 0.385. The van der Waals surface area contributed by atoms with E-state index in [1.54, 1.807) is 18.0 Å². The maximum atomic E-state index is 5.34. The van der Waals surface area contributed by atoms with Gasteiger partial charge in [-0.05, 0) is 37.3 Å². The largest absolute Gasteiger partial charge is 0.497 e. The third-order valence-electron chi connectivity index (χ3n) is 3.76. The SMILES string of the molecule is COc1cccc(-c2nc(-c3cn(-c4ccc(C)cc4)nn3)no2)c1. The van der Waals surface area contributed by atoms with Crippen molar-refractivity contribution in [3.05, 3.63) is 60.3 Å². The van der Waals surface area contributed by atoms with Gasteiger partial charge in [-0.1, -0.05) is 34.1 Å². The molecule has 0 atom stereocenters. The number of hydrogen-bond donors (Lipinski definition) is 0. The molecule has 0 aliphatic carbocycles. The number of aryl methyl sites for hydroxylation is 1. The lowest BCUT2D eigenvalue weighted by Crippen LogP contribution is -1.94. The molecule has 2 aromatic heterocycles. The Labute approximate surface area is 143 Å². The average Bonchev–Trinajstić information content (AvgIpc) is 3.32. The molecule has 124 valence electrons. The predicted octanol–water partition coefficient (Wildman–Crippen LogP) is 3.30. The van der Waals surface area contributed by atoms with Crippen LogP contribution in [-0.4, -0.2) is 32.2 Å². The minimum Gasteiger partial charge on any atom is -0.497 e. The lowest BCUT2D eigenvalue weighted by Gasteiger charge is -1.99. The molecule has 0 saturated carbocycles. The molecule has 2 aromatic carbocycles. The van der Waals surface area contributed by atoms with Gasteiger partial charge in [-0.3, -0.25) is 0 Å². The summed E-state index contributed by atoms with van der Waals surface area (Å²) in [6, 6.07) is 15.4. The standard InChI is InChI=1S/C18H15N5O2/c1-12-6-8-14(9-7-12)23-11-16(20-22-23)17-19-18(25-21-17)13-4-3-5-15(10-13)24-2/h3-11H,1-2H3. The molecule has 0 radical (unpaired) electrons. The van der Waals surface area contributed by atoms with Gasteiger partial charge in [0.2, 0.25) is 5.82 Å². The maximum Gasteiger partial charge on any atom is 0.258 e. The number of methoxy groups -OCH3 is 1. The van der Waals surface area contributed by atoms with Gasteiger partial charge >= 0.3 is 0 Å². The second-order valence-electron chi connectivity index (χ2n) is 5.54. The van der Waals surface area contributed by atoms with E-state index in [0.717, 1.165) is 17.0 Å². The number of ether oxygens (including phenoxy) is 1. The number of aromatic nitrogens is 5. The van der Waals surface area contributed by atoms with Gasteiger partial charge in [0.15, 0.2) is 5.69 Å². The van der Waals surface area contributed by atoms with Gasteiger partial charge in [-0.25, -0.2) is 4.68 Å². The topological polar surface area (TPSA) is 78.9 Å². The quantitative estimate of drug-likeness (QED) is 0.570. The molecule has 0 saturated heterocycles. The van der Waals surface area contributed by atoms with Crippen molar-refractivity contribution in [3.63, 3.8) is 0 Å². The summed E-state index contributed by atoms with van der Waals surface area (Å²) in [5.41, 5.74) is 3.42. The minimum absolute atomic E-state index is 0.385. The highest BCUT2D eigenvalue weighted by molar-refractivity contribution is 5.58. The van der Waals surface area contributed by atoms with Crippen molar-refractivity contribution in [2.45, 2.75) is 6.92 Å². The summed E-state index contributed by atoms with van der Waals surface area (Å²) in [4.78, 5) is 4.40. The summed E-state index contributed by atoms with van der Waals surface area (Å²) in [6.07, 6.45) is 1.77. The molecule has 2 heterocycles. The van der Waals surface area contributed by atoms with Gasteiger partial charge in [-0.15, -0.1) is 5.10 Å². The molecule has 25 heavy (non-hydrogen) atoms. The van der Waals surface area contributed by atoms with E-state index in [-0.39, 0.29) is 0 Å². The molecule has 0 spiro atoms. The molecule has 0 aliphatic heterocycles. The van der Waals surface area contributed by atoms with Crippen LogP contribution in [-0.2, 0) is 0 Å².